The molecule has 1 fully saturated rings. The summed E-state index contributed by atoms with van der Waals surface area (Å²) < 4.78 is 11.0. The summed E-state index contributed by atoms with van der Waals surface area (Å²) >= 11 is 0. The maximum absolute atomic E-state index is 5.61. The Balaban J connectivity index is 0.00000300. The third kappa shape index (κ3) is 6.84. The molecule has 1 atom stereocenters. The molecule has 1 aliphatic rings. The standard InChI is InChI=1S/C20H30N6O2.HI/c1-14(2)18-10-17(28-25-18)12-24-20(21-4)23-11-16-5-6-22-19(9-16)26-7-8-27-15(3)13-26;/h5-6,9-10,14-15H,7-8,11-13H2,1-4H3,(H2,21,23,24);1H. The van der Waals surface area contributed by atoms with Crippen LogP contribution in [0.5, 0.6) is 0 Å². The molecule has 3 rings (SSSR count). The lowest BCUT2D eigenvalue weighted by atomic mass is 10.1. The van der Waals surface area contributed by atoms with Gasteiger partial charge >= 0.3 is 0 Å². The normalized spacial score (nSPS) is 17.2. The van der Waals surface area contributed by atoms with Gasteiger partial charge in [0.2, 0.25) is 0 Å². The van der Waals surface area contributed by atoms with Crippen molar-refractivity contribution in [3.63, 3.8) is 0 Å². The average molecular weight is 514 g/mol. The molecule has 160 valence electrons. The summed E-state index contributed by atoms with van der Waals surface area (Å²) in [7, 11) is 1.75. The fourth-order valence-electron chi connectivity index (χ4n) is 3.03. The minimum atomic E-state index is 0. The van der Waals surface area contributed by atoms with Crippen molar-refractivity contribution < 1.29 is 9.26 Å². The lowest BCUT2D eigenvalue weighted by molar-refractivity contribution is 0.0529. The molecular formula is C20H31IN6O2. The third-order valence-corrected chi connectivity index (χ3v) is 4.66. The number of aromatic nitrogens is 2. The Hall–Kier alpha value is -1.88. The van der Waals surface area contributed by atoms with Crippen LogP contribution >= 0.6 is 24.0 Å². The van der Waals surface area contributed by atoms with E-state index in [1.165, 1.54) is 0 Å². The average Bonchev–Trinajstić information content (AvgIpc) is 3.18. The first-order valence-electron chi connectivity index (χ1n) is 9.76. The maximum Gasteiger partial charge on any atom is 0.191 e. The van der Waals surface area contributed by atoms with Crippen LogP contribution in [-0.4, -0.2) is 48.9 Å². The van der Waals surface area contributed by atoms with Gasteiger partial charge in [-0.1, -0.05) is 19.0 Å². The molecule has 0 bridgehead atoms. The minimum Gasteiger partial charge on any atom is -0.375 e. The molecule has 1 unspecified atom stereocenters. The molecule has 1 saturated heterocycles. The minimum absolute atomic E-state index is 0. The molecule has 8 nitrogen and oxygen atoms in total. The predicted molar refractivity (Wildman–Crippen MR) is 125 cm³/mol. The van der Waals surface area contributed by atoms with Gasteiger partial charge in [0.05, 0.1) is 24.9 Å². The summed E-state index contributed by atoms with van der Waals surface area (Å²) in [6.45, 7) is 9.94. The Morgan fingerprint density at radius 1 is 1.31 bits per heavy atom. The van der Waals surface area contributed by atoms with E-state index in [1.54, 1.807) is 7.05 Å². The summed E-state index contributed by atoms with van der Waals surface area (Å²) in [5.41, 5.74) is 2.11. The number of hydrogen-bond donors (Lipinski definition) is 2. The highest BCUT2D eigenvalue weighted by molar-refractivity contribution is 14.0. The molecule has 29 heavy (non-hydrogen) atoms. The third-order valence-electron chi connectivity index (χ3n) is 4.66. The molecule has 0 spiro atoms. The molecule has 0 saturated carbocycles. The first-order chi connectivity index (χ1) is 13.5. The highest BCUT2D eigenvalue weighted by Gasteiger charge is 2.18. The molecule has 2 N–H and O–H groups in total. The number of nitrogens with zero attached hydrogens (tertiary/aromatic N) is 4. The van der Waals surface area contributed by atoms with Crippen molar-refractivity contribution in [3.05, 3.63) is 41.4 Å². The Bertz CT molecular complexity index is 795. The van der Waals surface area contributed by atoms with Crippen LogP contribution in [0.3, 0.4) is 0 Å². The van der Waals surface area contributed by atoms with Gasteiger partial charge in [0.1, 0.15) is 5.82 Å². The zero-order valence-corrected chi connectivity index (χ0v) is 19.8. The molecule has 9 heteroatoms. The SMILES string of the molecule is CN=C(NCc1ccnc(N2CCOC(C)C2)c1)NCc1cc(C(C)C)no1.I. The summed E-state index contributed by atoms with van der Waals surface area (Å²) in [5, 5.41) is 10.7. The molecule has 0 radical (unpaired) electrons. The van der Waals surface area contributed by atoms with Gasteiger partial charge in [-0.15, -0.1) is 24.0 Å². The first kappa shape index (κ1) is 23.4. The van der Waals surface area contributed by atoms with E-state index in [4.69, 9.17) is 9.26 Å². The van der Waals surface area contributed by atoms with Crippen LogP contribution in [0, 0.1) is 0 Å². The lowest BCUT2D eigenvalue weighted by Gasteiger charge is -2.32. The van der Waals surface area contributed by atoms with Gasteiger partial charge in [-0.2, -0.15) is 0 Å². The van der Waals surface area contributed by atoms with Gasteiger partial charge in [-0.05, 0) is 30.5 Å². The van der Waals surface area contributed by atoms with Crippen LogP contribution < -0.4 is 15.5 Å². The van der Waals surface area contributed by atoms with Crippen molar-refractivity contribution in [1.82, 2.24) is 20.8 Å². The number of rotatable bonds is 6. The zero-order valence-electron chi connectivity index (χ0n) is 17.5. The van der Waals surface area contributed by atoms with Crippen molar-refractivity contribution >= 4 is 35.8 Å². The van der Waals surface area contributed by atoms with Gasteiger partial charge in [0.25, 0.3) is 0 Å². The highest BCUT2D eigenvalue weighted by Crippen LogP contribution is 2.16. The number of aliphatic imine (C=N–C) groups is 1. The van der Waals surface area contributed by atoms with Crippen LogP contribution in [0.25, 0.3) is 0 Å². The Morgan fingerprint density at radius 2 is 2.10 bits per heavy atom. The quantitative estimate of drug-likeness (QED) is 0.348. The van der Waals surface area contributed by atoms with Gasteiger partial charge < -0.3 is 24.8 Å². The topological polar surface area (TPSA) is 87.8 Å². The molecule has 2 aromatic heterocycles. The molecule has 2 aromatic rings. The number of anilines is 1. The molecule has 1 aliphatic heterocycles. The van der Waals surface area contributed by atoms with E-state index in [-0.39, 0.29) is 30.1 Å². The first-order valence-corrected chi connectivity index (χ1v) is 9.76. The number of halogens is 1. The summed E-state index contributed by atoms with van der Waals surface area (Å²) in [5.74, 6) is 2.84. The van der Waals surface area contributed by atoms with Crippen LogP contribution in [0.15, 0.2) is 33.9 Å². The smallest absolute Gasteiger partial charge is 0.191 e. The second-order valence-electron chi connectivity index (χ2n) is 7.30. The van der Waals surface area contributed by atoms with Crippen molar-refractivity contribution in [2.24, 2.45) is 4.99 Å². The van der Waals surface area contributed by atoms with E-state index in [2.05, 4.69) is 57.5 Å². The number of ether oxygens (including phenoxy) is 1. The monoisotopic (exact) mass is 514 g/mol. The molecule has 0 aromatic carbocycles. The van der Waals surface area contributed by atoms with E-state index in [1.807, 2.05) is 18.3 Å². The maximum atomic E-state index is 5.61. The molecule has 0 aliphatic carbocycles. The predicted octanol–water partition coefficient (Wildman–Crippen LogP) is 2.90. The van der Waals surface area contributed by atoms with Crippen molar-refractivity contribution in [3.8, 4) is 0 Å². The molecular weight excluding hydrogens is 483 g/mol. The van der Waals surface area contributed by atoms with Crippen molar-refractivity contribution in [2.75, 3.05) is 31.6 Å². The fraction of sp³-hybridized carbons (Fsp3) is 0.550. The number of pyridine rings is 1. The second kappa shape index (κ2) is 11.3. The largest absolute Gasteiger partial charge is 0.375 e. The van der Waals surface area contributed by atoms with Crippen molar-refractivity contribution in [2.45, 2.75) is 45.9 Å². The van der Waals surface area contributed by atoms with Crippen LogP contribution in [0.2, 0.25) is 0 Å². The van der Waals surface area contributed by atoms with E-state index < -0.39 is 0 Å². The van der Waals surface area contributed by atoms with Crippen LogP contribution in [0.1, 0.15) is 43.7 Å². The summed E-state index contributed by atoms with van der Waals surface area (Å²) in [6.07, 6.45) is 2.08. The number of guanidine groups is 1. The fourth-order valence-corrected chi connectivity index (χ4v) is 3.03. The van der Waals surface area contributed by atoms with E-state index in [0.29, 0.717) is 25.0 Å². The molecule has 3 heterocycles. The lowest BCUT2D eigenvalue weighted by Crippen LogP contribution is -2.41. The van der Waals surface area contributed by atoms with Gasteiger partial charge in [0.15, 0.2) is 11.7 Å². The van der Waals surface area contributed by atoms with Crippen molar-refractivity contribution in [1.29, 1.82) is 0 Å². The highest BCUT2D eigenvalue weighted by atomic mass is 127. The summed E-state index contributed by atoms with van der Waals surface area (Å²) in [4.78, 5) is 11.1. The Labute approximate surface area is 189 Å². The Kier molecular flexibility index (Phi) is 9.15. The zero-order chi connectivity index (χ0) is 19.9. The number of nitrogens with one attached hydrogen (secondary N) is 2. The van der Waals surface area contributed by atoms with Gasteiger partial charge in [0, 0.05) is 38.9 Å². The second-order valence-corrected chi connectivity index (χ2v) is 7.30. The van der Waals surface area contributed by atoms with Gasteiger partial charge in [-0.3, -0.25) is 4.99 Å². The number of morpholine rings is 1. The summed E-state index contributed by atoms with van der Waals surface area (Å²) in [6, 6.07) is 6.10. The van der Waals surface area contributed by atoms with E-state index in [9.17, 15) is 0 Å². The van der Waals surface area contributed by atoms with Gasteiger partial charge in [-0.25, -0.2) is 4.98 Å². The van der Waals surface area contributed by atoms with Crippen LogP contribution in [-0.2, 0) is 17.8 Å². The molecule has 0 amide bonds. The van der Waals surface area contributed by atoms with Crippen LogP contribution in [0.4, 0.5) is 5.82 Å². The van der Waals surface area contributed by atoms with E-state index in [0.717, 1.165) is 42.5 Å². The number of hydrogen-bond acceptors (Lipinski definition) is 6. The Morgan fingerprint density at radius 3 is 2.79 bits per heavy atom. The van der Waals surface area contributed by atoms with E-state index >= 15 is 0 Å².